The van der Waals surface area contributed by atoms with Gasteiger partial charge in [-0.05, 0) is 31.0 Å². The van der Waals surface area contributed by atoms with E-state index in [-0.39, 0.29) is 5.91 Å². The number of amides is 1. The number of benzene rings is 1. The van der Waals surface area contributed by atoms with Gasteiger partial charge in [0.05, 0.1) is 6.20 Å². The normalized spacial score (nSPS) is 10.4. The average molecular weight is 272 g/mol. The monoisotopic (exact) mass is 272 g/mol. The Labute approximate surface area is 119 Å². The maximum absolute atomic E-state index is 11.9. The van der Waals surface area contributed by atoms with Gasteiger partial charge in [0.2, 0.25) is 0 Å². The zero-order valence-electron chi connectivity index (χ0n) is 12.3. The number of nitrogens with zero attached hydrogens (tertiary/aromatic N) is 2. The first kappa shape index (κ1) is 14.1. The predicted molar refractivity (Wildman–Crippen MR) is 80.0 cm³/mol. The quantitative estimate of drug-likeness (QED) is 0.895. The number of carbonyl (C=O) groups is 1. The van der Waals surface area contributed by atoms with Gasteiger partial charge < -0.3 is 15.2 Å². The van der Waals surface area contributed by atoms with E-state index in [0.717, 1.165) is 11.4 Å². The molecule has 2 N–H and O–H groups in total. The molecule has 5 heteroatoms. The van der Waals surface area contributed by atoms with Gasteiger partial charge in [-0.1, -0.05) is 12.1 Å². The summed E-state index contributed by atoms with van der Waals surface area (Å²) in [6, 6.07) is 6.19. The van der Waals surface area contributed by atoms with Crippen LogP contribution in [0.1, 0.15) is 27.4 Å². The molecular weight excluding hydrogens is 252 g/mol. The van der Waals surface area contributed by atoms with E-state index in [0.29, 0.717) is 12.2 Å². The largest absolute Gasteiger partial charge is 0.377 e. The van der Waals surface area contributed by atoms with Gasteiger partial charge in [-0.3, -0.25) is 4.79 Å². The first-order chi connectivity index (χ1) is 9.47. The summed E-state index contributed by atoms with van der Waals surface area (Å²) in [7, 11) is 4.04. The molecule has 2 rings (SSSR count). The van der Waals surface area contributed by atoms with Crippen molar-refractivity contribution in [2.75, 3.05) is 19.0 Å². The highest BCUT2D eigenvalue weighted by Crippen LogP contribution is 2.18. The molecule has 0 aliphatic heterocycles. The zero-order chi connectivity index (χ0) is 14.7. The summed E-state index contributed by atoms with van der Waals surface area (Å²) in [4.78, 5) is 20.9. The van der Waals surface area contributed by atoms with Crippen LogP contribution in [0.3, 0.4) is 0 Å². The lowest BCUT2D eigenvalue weighted by atomic mass is 10.1. The Morgan fingerprint density at radius 2 is 2.10 bits per heavy atom. The number of rotatable bonds is 4. The topological polar surface area (TPSA) is 61.0 Å². The van der Waals surface area contributed by atoms with Crippen LogP contribution in [0.25, 0.3) is 0 Å². The molecule has 0 bridgehead atoms. The van der Waals surface area contributed by atoms with Crippen molar-refractivity contribution in [2.24, 2.45) is 0 Å². The molecule has 0 atom stereocenters. The summed E-state index contributed by atoms with van der Waals surface area (Å²) in [5.74, 6) is 0.598. The lowest BCUT2D eigenvalue weighted by molar-refractivity contribution is 0.0946. The number of carbonyl (C=O) groups excluding carboxylic acids is 1. The zero-order valence-corrected chi connectivity index (χ0v) is 12.3. The van der Waals surface area contributed by atoms with E-state index in [1.165, 1.54) is 11.3 Å². The third-order valence-corrected chi connectivity index (χ3v) is 3.14. The number of hydrogen-bond acceptors (Lipinski definition) is 3. The smallest absolute Gasteiger partial charge is 0.269 e. The minimum absolute atomic E-state index is 0.139. The lowest BCUT2D eigenvalue weighted by Crippen LogP contribution is -2.23. The Morgan fingerprint density at radius 1 is 1.35 bits per heavy atom. The molecule has 1 amide bonds. The average Bonchev–Trinajstić information content (AvgIpc) is 2.82. The van der Waals surface area contributed by atoms with Gasteiger partial charge in [-0.25, -0.2) is 4.98 Å². The third-order valence-electron chi connectivity index (χ3n) is 3.14. The van der Waals surface area contributed by atoms with E-state index < -0.39 is 0 Å². The molecule has 0 aliphatic carbocycles. The van der Waals surface area contributed by atoms with Gasteiger partial charge in [0.1, 0.15) is 11.5 Å². The van der Waals surface area contributed by atoms with Crippen LogP contribution >= 0.6 is 0 Å². The van der Waals surface area contributed by atoms with Crippen LogP contribution in [0.2, 0.25) is 0 Å². The molecule has 0 saturated heterocycles. The number of aromatic amines is 1. The third kappa shape index (κ3) is 3.17. The van der Waals surface area contributed by atoms with Crippen molar-refractivity contribution >= 4 is 11.6 Å². The number of anilines is 1. The Morgan fingerprint density at radius 3 is 2.65 bits per heavy atom. The Hall–Kier alpha value is -2.30. The molecule has 0 unspecified atom stereocenters. The highest BCUT2D eigenvalue weighted by molar-refractivity contribution is 5.92. The number of nitrogens with one attached hydrogen (secondary N) is 2. The molecular formula is C15H20N4O. The van der Waals surface area contributed by atoms with Crippen molar-refractivity contribution < 1.29 is 4.79 Å². The van der Waals surface area contributed by atoms with E-state index in [4.69, 9.17) is 0 Å². The Balaban J connectivity index is 2.01. The van der Waals surface area contributed by atoms with E-state index >= 15 is 0 Å². The number of aryl methyl sites for hydroxylation is 2. The van der Waals surface area contributed by atoms with E-state index in [1.807, 2.05) is 27.1 Å². The van der Waals surface area contributed by atoms with Crippen LogP contribution in [0.4, 0.5) is 5.69 Å². The van der Waals surface area contributed by atoms with Crippen LogP contribution in [0, 0.1) is 13.8 Å². The number of hydrogen-bond donors (Lipinski definition) is 2. The number of imidazole rings is 1. The highest BCUT2D eigenvalue weighted by atomic mass is 16.1. The molecule has 0 saturated carbocycles. The van der Waals surface area contributed by atoms with Crippen LogP contribution in [0.15, 0.2) is 24.4 Å². The fourth-order valence-corrected chi connectivity index (χ4v) is 2.14. The molecule has 106 valence electrons. The van der Waals surface area contributed by atoms with Crippen LogP contribution in [-0.2, 0) is 6.54 Å². The molecule has 0 spiro atoms. The summed E-state index contributed by atoms with van der Waals surface area (Å²) < 4.78 is 0. The van der Waals surface area contributed by atoms with Crippen molar-refractivity contribution in [3.05, 3.63) is 47.0 Å². The van der Waals surface area contributed by atoms with Crippen molar-refractivity contribution in [3.8, 4) is 0 Å². The summed E-state index contributed by atoms with van der Waals surface area (Å²) in [6.07, 6.45) is 1.55. The van der Waals surface area contributed by atoms with Gasteiger partial charge in [-0.15, -0.1) is 0 Å². The minimum atomic E-state index is -0.139. The molecule has 20 heavy (non-hydrogen) atoms. The van der Waals surface area contributed by atoms with Crippen LogP contribution in [-0.4, -0.2) is 30.0 Å². The maximum Gasteiger partial charge on any atom is 0.269 e. The van der Waals surface area contributed by atoms with E-state index in [9.17, 15) is 4.79 Å². The van der Waals surface area contributed by atoms with Gasteiger partial charge in [0, 0.05) is 26.3 Å². The standard InChI is InChI=1S/C15H20N4O/c1-10-7-12(5-6-14(10)19(3)4)8-17-15(20)13-9-16-11(2)18-13/h5-7,9H,8H2,1-4H3,(H,16,18)(H,17,20). The van der Waals surface area contributed by atoms with Crippen molar-refractivity contribution in [1.82, 2.24) is 15.3 Å². The molecule has 1 aromatic carbocycles. The highest BCUT2D eigenvalue weighted by Gasteiger charge is 2.08. The molecule has 0 aliphatic rings. The fourth-order valence-electron chi connectivity index (χ4n) is 2.14. The summed E-state index contributed by atoms with van der Waals surface area (Å²) in [5.41, 5.74) is 3.95. The summed E-state index contributed by atoms with van der Waals surface area (Å²) >= 11 is 0. The van der Waals surface area contributed by atoms with Gasteiger partial charge in [0.25, 0.3) is 5.91 Å². The molecule has 1 aromatic heterocycles. The maximum atomic E-state index is 11.9. The van der Waals surface area contributed by atoms with E-state index in [2.05, 4.69) is 39.2 Å². The van der Waals surface area contributed by atoms with Crippen LogP contribution < -0.4 is 10.2 Å². The van der Waals surface area contributed by atoms with Crippen molar-refractivity contribution in [3.63, 3.8) is 0 Å². The van der Waals surface area contributed by atoms with Crippen LogP contribution in [0.5, 0.6) is 0 Å². The minimum Gasteiger partial charge on any atom is -0.377 e. The summed E-state index contributed by atoms with van der Waals surface area (Å²) in [5, 5.41) is 2.88. The molecule has 5 nitrogen and oxygen atoms in total. The molecule has 1 heterocycles. The predicted octanol–water partition coefficient (Wildman–Crippen LogP) is 2.02. The lowest BCUT2D eigenvalue weighted by Gasteiger charge is -2.16. The molecule has 0 fully saturated rings. The number of aromatic nitrogens is 2. The fraction of sp³-hybridized carbons (Fsp3) is 0.333. The van der Waals surface area contributed by atoms with Gasteiger partial charge >= 0.3 is 0 Å². The first-order valence-corrected chi connectivity index (χ1v) is 6.54. The second-order valence-corrected chi connectivity index (χ2v) is 5.08. The number of H-pyrrole nitrogens is 1. The Bertz CT molecular complexity index is 616. The molecule has 0 radical (unpaired) electrons. The first-order valence-electron chi connectivity index (χ1n) is 6.54. The Kier molecular flexibility index (Phi) is 4.08. The van der Waals surface area contributed by atoms with Crippen molar-refractivity contribution in [2.45, 2.75) is 20.4 Å². The van der Waals surface area contributed by atoms with Gasteiger partial charge in [0.15, 0.2) is 0 Å². The van der Waals surface area contributed by atoms with E-state index in [1.54, 1.807) is 6.20 Å². The second kappa shape index (κ2) is 5.77. The van der Waals surface area contributed by atoms with Gasteiger partial charge in [-0.2, -0.15) is 0 Å². The molecule has 2 aromatic rings. The summed E-state index contributed by atoms with van der Waals surface area (Å²) in [6.45, 7) is 4.39. The van der Waals surface area contributed by atoms with Crippen molar-refractivity contribution in [1.29, 1.82) is 0 Å². The SMILES string of the molecule is Cc1ncc(C(=O)NCc2ccc(N(C)C)c(C)c2)[nH]1. The second-order valence-electron chi connectivity index (χ2n) is 5.08.